The lowest BCUT2D eigenvalue weighted by atomic mass is 10.2. The predicted molar refractivity (Wildman–Crippen MR) is 89.0 cm³/mol. The van der Waals surface area contributed by atoms with Crippen LogP contribution in [-0.4, -0.2) is 55.1 Å². The van der Waals surface area contributed by atoms with Crippen LogP contribution in [0.2, 0.25) is 0 Å². The molecule has 0 amide bonds. The van der Waals surface area contributed by atoms with Crippen LogP contribution in [0.3, 0.4) is 0 Å². The number of thiophene rings is 1. The first-order chi connectivity index (χ1) is 10.7. The van der Waals surface area contributed by atoms with Crippen LogP contribution in [0.4, 0.5) is 0 Å². The predicted octanol–water partition coefficient (Wildman–Crippen LogP) is 2.05. The molecule has 2 unspecified atom stereocenters. The third-order valence-corrected chi connectivity index (χ3v) is 4.61. The largest absolute Gasteiger partial charge is 0.389 e. The van der Waals surface area contributed by atoms with Crippen LogP contribution in [0.5, 0.6) is 0 Å². The van der Waals surface area contributed by atoms with Crippen molar-refractivity contribution in [1.82, 2.24) is 4.90 Å². The van der Waals surface area contributed by atoms with Crippen LogP contribution in [0, 0.1) is 19.3 Å². The highest BCUT2D eigenvalue weighted by Crippen LogP contribution is 2.19. The Hall–Kier alpha value is -0.900. The summed E-state index contributed by atoms with van der Waals surface area (Å²) in [5, 5.41) is 10.1. The molecule has 1 aliphatic heterocycles. The molecule has 122 valence electrons. The van der Waals surface area contributed by atoms with Crippen LogP contribution in [0.1, 0.15) is 22.6 Å². The van der Waals surface area contributed by atoms with E-state index in [0.29, 0.717) is 6.54 Å². The Morgan fingerprint density at radius 1 is 1.59 bits per heavy atom. The van der Waals surface area contributed by atoms with E-state index in [-0.39, 0.29) is 19.3 Å². The van der Waals surface area contributed by atoms with E-state index in [0.717, 1.165) is 32.5 Å². The van der Waals surface area contributed by atoms with Crippen molar-refractivity contribution in [3.63, 3.8) is 0 Å². The molecule has 1 aliphatic rings. The van der Waals surface area contributed by atoms with Crippen molar-refractivity contribution in [3.8, 4) is 12.3 Å². The Bertz CT molecular complexity index is 476. The van der Waals surface area contributed by atoms with Gasteiger partial charge in [-0.15, -0.1) is 17.8 Å². The smallest absolute Gasteiger partial charge is 0.107 e. The number of hydrogen-bond acceptors (Lipinski definition) is 5. The van der Waals surface area contributed by atoms with Gasteiger partial charge in [-0.1, -0.05) is 5.92 Å². The summed E-state index contributed by atoms with van der Waals surface area (Å²) in [4.78, 5) is 4.88. The molecule has 1 fully saturated rings. The van der Waals surface area contributed by atoms with E-state index < -0.39 is 6.10 Å². The summed E-state index contributed by atoms with van der Waals surface area (Å²) in [5.41, 5.74) is 0. The molecule has 2 heterocycles. The number of aliphatic hydroxyl groups is 1. The highest BCUT2D eigenvalue weighted by atomic mass is 32.1. The van der Waals surface area contributed by atoms with E-state index in [1.54, 1.807) is 11.3 Å². The van der Waals surface area contributed by atoms with Crippen molar-refractivity contribution in [3.05, 3.63) is 21.9 Å². The van der Waals surface area contributed by atoms with Crippen molar-refractivity contribution in [2.75, 3.05) is 32.9 Å². The third kappa shape index (κ3) is 6.07. The molecule has 0 radical (unpaired) electrons. The summed E-state index contributed by atoms with van der Waals surface area (Å²) in [5.74, 6) is 2.41. The molecule has 4 nitrogen and oxygen atoms in total. The summed E-state index contributed by atoms with van der Waals surface area (Å²) >= 11 is 1.80. The fraction of sp³-hybridized carbons (Fsp3) is 0.647. The molecule has 0 saturated carbocycles. The molecule has 2 rings (SSSR count). The van der Waals surface area contributed by atoms with Crippen LogP contribution < -0.4 is 0 Å². The standard InChI is InChI=1S/C17H25NO3S/c1-3-8-20-13-15(19)10-18(11-16-5-4-9-21-16)12-17-7-6-14(2)22-17/h1,6-7,15-16,19H,4-5,8-13H2,2H3. The number of ether oxygens (including phenoxy) is 2. The minimum atomic E-state index is -0.532. The molecule has 1 aromatic rings. The maximum Gasteiger partial charge on any atom is 0.107 e. The van der Waals surface area contributed by atoms with Gasteiger partial charge in [-0.2, -0.15) is 0 Å². The van der Waals surface area contributed by atoms with E-state index in [1.807, 2.05) is 0 Å². The topological polar surface area (TPSA) is 41.9 Å². The minimum Gasteiger partial charge on any atom is -0.389 e. The number of terminal acetylenes is 1. The zero-order valence-electron chi connectivity index (χ0n) is 13.2. The van der Waals surface area contributed by atoms with Gasteiger partial charge in [0.1, 0.15) is 6.61 Å². The van der Waals surface area contributed by atoms with Gasteiger partial charge in [0.2, 0.25) is 0 Å². The lowest BCUT2D eigenvalue weighted by Crippen LogP contribution is -2.39. The highest BCUT2D eigenvalue weighted by Gasteiger charge is 2.21. The highest BCUT2D eigenvalue weighted by molar-refractivity contribution is 7.11. The number of hydrogen-bond donors (Lipinski definition) is 1. The molecule has 0 spiro atoms. The number of aliphatic hydroxyl groups excluding tert-OH is 1. The van der Waals surface area contributed by atoms with E-state index >= 15 is 0 Å². The number of nitrogens with zero attached hydrogens (tertiary/aromatic N) is 1. The summed E-state index contributed by atoms with van der Waals surface area (Å²) in [7, 11) is 0. The zero-order valence-corrected chi connectivity index (χ0v) is 14.0. The molecule has 1 N–H and O–H groups in total. The first-order valence-electron chi connectivity index (χ1n) is 7.76. The summed E-state index contributed by atoms with van der Waals surface area (Å²) in [6.45, 7) is 5.74. The Balaban J connectivity index is 1.87. The van der Waals surface area contributed by atoms with Gasteiger partial charge in [-0.3, -0.25) is 4.90 Å². The van der Waals surface area contributed by atoms with Crippen molar-refractivity contribution in [1.29, 1.82) is 0 Å². The summed E-state index contributed by atoms with van der Waals surface area (Å²) in [6.07, 6.45) is 7.12. The second kappa shape index (κ2) is 9.29. The Morgan fingerprint density at radius 3 is 3.09 bits per heavy atom. The van der Waals surface area contributed by atoms with E-state index in [2.05, 4.69) is 29.9 Å². The molecular formula is C17H25NO3S. The molecule has 0 aromatic carbocycles. The van der Waals surface area contributed by atoms with Gasteiger partial charge < -0.3 is 14.6 Å². The normalized spacial score (nSPS) is 19.5. The fourth-order valence-corrected chi connectivity index (χ4v) is 3.61. The first-order valence-corrected chi connectivity index (χ1v) is 8.57. The maximum atomic E-state index is 10.1. The molecule has 5 heteroatoms. The molecule has 0 bridgehead atoms. The Morgan fingerprint density at radius 2 is 2.45 bits per heavy atom. The van der Waals surface area contributed by atoms with Crippen LogP contribution in [-0.2, 0) is 16.0 Å². The fourth-order valence-electron chi connectivity index (χ4n) is 2.68. The molecule has 22 heavy (non-hydrogen) atoms. The molecule has 1 aromatic heterocycles. The Kier molecular flexibility index (Phi) is 7.37. The first kappa shape index (κ1) is 17.5. The van der Waals surface area contributed by atoms with Crippen LogP contribution >= 0.6 is 11.3 Å². The number of rotatable bonds is 9. The van der Waals surface area contributed by atoms with Crippen LogP contribution in [0.25, 0.3) is 0 Å². The molecule has 0 aliphatic carbocycles. The van der Waals surface area contributed by atoms with Gasteiger partial charge in [-0.05, 0) is 31.9 Å². The SMILES string of the molecule is C#CCOCC(O)CN(Cc1ccc(C)s1)CC1CCCO1. The van der Waals surface area contributed by atoms with Gasteiger partial charge >= 0.3 is 0 Å². The van der Waals surface area contributed by atoms with Crippen LogP contribution in [0.15, 0.2) is 12.1 Å². The molecular weight excluding hydrogens is 298 g/mol. The van der Waals surface area contributed by atoms with Gasteiger partial charge in [0.25, 0.3) is 0 Å². The lowest BCUT2D eigenvalue weighted by molar-refractivity contribution is 0.00982. The quantitative estimate of drug-likeness (QED) is 0.558. The monoisotopic (exact) mass is 323 g/mol. The van der Waals surface area contributed by atoms with Gasteiger partial charge in [0.05, 0.1) is 18.8 Å². The Labute approximate surface area is 137 Å². The molecule has 1 saturated heterocycles. The van der Waals surface area contributed by atoms with E-state index in [1.165, 1.54) is 9.75 Å². The molecule has 2 atom stereocenters. The van der Waals surface area contributed by atoms with E-state index in [9.17, 15) is 5.11 Å². The zero-order chi connectivity index (χ0) is 15.8. The summed E-state index contributed by atoms with van der Waals surface area (Å²) < 4.78 is 11.0. The van der Waals surface area contributed by atoms with E-state index in [4.69, 9.17) is 15.9 Å². The van der Waals surface area contributed by atoms with Crippen molar-refractivity contribution < 1.29 is 14.6 Å². The second-order valence-corrected chi connectivity index (χ2v) is 7.09. The number of aryl methyl sites for hydroxylation is 1. The van der Waals surface area contributed by atoms with Crippen molar-refractivity contribution in [2.24, 2.45) is 0 Å². The van der Waals surface area contributed by atoms with Crippen molar-refractivity contribution in [2.45, 2.75) is 38.5 Å². The van der Waals surface area contributed by atoms with Gasteiger partial charge in [-0.25, -0.2) is 0 Å². The van der Waals surface area contributed by atoms with Crippen molar-refractivity contribution >= 4 is 11.3 Å². The third-order valence-electron chi connectivity index (χ3n) is 3.63. The van der Waals surface area contributed by atoms with Gasteiger partial charge in [0.15, 0.2) is 0 Å². The van der Waals surface area contributed by atoms with Gasteiger partial charge in [0, 0.05) is 36.0 Å². The average molecular weight is 323 g/mol. The lowest BCUT2D eigenvalue weighted by Gasteiger charge is -2.26. The minimum absolute atomic E-state index is 0.243. The average Bonchev–Trinajstić information content (AvgIpc) is 3.11. The maximum absolute atomic E-state index is 10.1. The second-order valence-electron chi connectivity index (χ2n) is 5.71. The summed E-state index contributed by atoms with van der Waals surface area (Å²) in [6, 6.07) is 4.29.